The summed E-state index contributed by atoms with van der Waals surface area (Å²) in [6.45, 7) is 4.93. The highest BCUT2D eigenvalue weighted by atomic mass is 16.5. The average Bonchev–Trinajstić information content (AvgIpc) is 3.42. The minimum Gasteiger partial charge on any atom is -0.466 e. The molecule has 76 heavy (non-hydrogen) atoms. The Morgan fingerprint density at radius 2 is 0.618 bits per heavy atom. The summed E-state index contributed by atoms with van der Waals surface area (Å²) in [7, 11) is 0. The number of rotatable bonds is 65. The molecule has 2 unspecified atom stereocenters. The highest BCUT2D eigenvalue weighted by Gasteiger charge is 2.18. The third kappa shape index (κ3) is 61.6. The van der Waals surface area contributed by atoms with Gasteiger partial charge in [0.15, 0.2) is 0 Å². The molecule has 0 rings (SSSR count). The van der Waals surface area contributed by atoms with Gasteiger partial charge in [-0.2, -0.15) is 0 Å². The van der Waals surface area contributed by atoms with E-state index < -0.39 is 12.1 Å². The van der Waals surface area contributed by atoms with Gasteiger partial charge in [-0.25, -0.2) is 0 Å². The van der Waals surface area contributed by atoms with Gasteiger partial charge in [-0.1, -0.05) is 340 Å². The first-order valence-electron chi connectivity index (χ1n) is 34.6. The van der Waals surface area contributed by atoms with Gasteiger partial charge in [0.2, 0.25) is 5.91 Å². The maximum absolute atomic E-state index is 12.5. The van der Waals surface area contributed by atoms with Crippen molar-refractivity contribution in [1.82, 2.24) is 5.32 Å². The molecule has 0 aliphatic heterocycles. The van der Waals surface area contributed by atoms with E-state index in [-0.39, 0.29) is 18.5 Å². The largest absolute Gasteiger partial charge is 0.466 e. The van der Waals surface area contributed by atoms with E-state index in [4.69, 9.17) is 4.74 Å². The molecule has 6 nitrogen and oxygen atoms in total. The Morgan fingerprint density at radius 1 is 0.355 bits per heavy atom. The van der Waals surface area contributed by atoms with Crippen molar-refractivity contribution in [2.24, 2.45) is 0 Å². The molecule has 3 N–H and O–H groups in total. The first-order valence-corrected chi connectivity index (χ1v) is 34.6. The molecule has 0 aliphatic carbocycles. The summed E-state index contributed by atoms with van der Waals surface area (Å²) in [6.07, 6.45) is 82.4. The van der Waals surface area contributed by atoms with Crippen LogP contribution in [0.4, 0.5) is 0 Å². The van der Waals surface area contributed by atoms with Crippen molar-refractivity contribution < 1.29 is 24.5 Å². The standard InChI is InChI=1S/C70H135NO5/c1-3-5-7-9-11-13-15-17-19-21-22-28-31-34-38-42-46-50-54-58-62-68(73)67(66-72)71-69(74)63-59-55-51-47-43-39-35-32-29-26-24-23-25-27-30-33-37-41-45-49-53-57-61-65-76-70(75)64-60-56-52-48-44-40-36-20-18-16-14-12-10-8-6-4-2/h20,36,58,62,67-68,72-73H,3-19,21-35,37-57,59-61,63-66H2,1-2H3,(H,71,74)/b36-20-,62-58+. The zero-order chi connectivity index (χ0) is 55.0. The van der Waals surface area contributed by atoms with Crippen molar-refractivity contribution in [1.29, 1.82) is 0 Å². The van der Waals surface area contributed by atoms with Gasteiger partial charge in [-0.3, -0.25) is 9.59 Å². The molecule has 1 amide bonds. The number of hydrogen-bond acceptors (Lipinski definition) is 5. The Labute approximate surface area is 475 Å². The summed E-state index contributed by atoms with van der Waals surface area (Å²) in [5.41, 5.74) is 0. The van der Waals surface area contributed by atoms with Crippen LogP contribution in [0, 0.1) is 0 Å². The van der Waals surface area contributed by atoms with Crippen LogP contribution in [0.15, 0.2) is 24.3 Å². The van der Waals surface area contributed by atoms with Crippen LogP contribution in [0.25, 0.3) is 0 Å². The molecule has 0 spiro atoms. The predicted octanol–water partition coefficient (Wildman–Crippen LogP) is 22.1. The third-order valence-corrected chi connectivity index (χ3v) is 16.2. The van der Waals surface area contributed by atoms with Crippen molar-refractivity contribution in [3.8, 4) is 0 Å². The third-order valence-electron chi connectivity index (χ3n) is 16.2. The second-order valence-corrected chi connectivity index (χ2v) is 23.9. The summed E-state index contributed by atoms with van der Waals surface area (Å²) >= 11 is 0. The maximum atomic E-state index is 12.5. The molecule has 0 aromatic rings. The first kappa shape index (κ1) is 74.3. The van der Waals surface area contributed by atoms with Crippen molar-refractivity contribution >= 4 is 11.9 Å². The van der Waals surface area contributed by atoms with Crippen molar-refractivity contribution in [2.45, 2.75) is 398 Å². The molecular formula is C70H135NO5. The van der Waals surface area contributed by atoms with E-state index in [9.17, 15) is 19.8 Å². The van der Waals surface area contributed by atoms with E-state index in [1.165, 1.54) is 315 Å². The first-order chi connectivity index (χ1) is 37.5. The number of aliphatic hydroxyl groups is 2. The Balaban J connectivity index is 3.40. The van der Waals surface area contributed by atoms with Gasteiger partial charge in [0, 0.05) is 12.8 Å². The summed E-state index contributed by atoms with van der Waals surface area (Å²) in [4.78, 5) is 24.6. The smallest absolute Gasteiger partial charge is 0.305 e. The second-order valence-electron chi connectivity index (χ2n) is 23.9. The number of allylic oxidation sites excluding steroid dienone is 3. The number of carbonyl (C=O) groups is 2. The van der Waals surface area contributed by atoms with Crippen LogP contribution in [-0.4, -0.2) is 47.4 Å². The number of amides is 1. The van der Waals surface area contributed by atoms with Crippen LogP contribution in [0.1, 0.15) is 386 Å². The van der Waals surface area contributed by atoms with E-state index in [0.717, 1.165) is 44.9 Å². The lowest BCUT2D eigenvalue weighted by Crippen LogP contribution is -2.45. The molecule has 6 heteroatoms. The lowest BCUT2D eigenvalue weighted by Gasteiger charge is -2.20. The van der Waals surface area contributed by atoms with E-state index in [0.29, 0.717) is 19.4 Å². The van der Waals surface area contributed by atoms with Gasteiger partial charge in [0.25, 0.3) is 0 Å². The SMILES string of the molecule is CCCCCCCCC/C=C\CCCCCCCC(=O)OCCCCCCCCCCCCCCCCCCCCCCCCCC(=O)NC(CO)C(O)/C=C/CCCCCCCCCCCCCCCCCCCC. The minimum absolute atomic E-state index is 0.00729. The van der Waals surface area contributed by atoms with E-state index in [1.807, 2.05) is 6.08 Å². The number of hydrogen-bond donors (Lipinski definition) is 3. The molecule has 0 aromatic heterocycles. The molecule has 0 saturated heterocycles. The summed E-state index contributed by atoms with van der Waals surface area (Å²) in [6, 6.07) is -0.628. The van der Waals surface area contributed by atoms with Gasteiger partial charge < -0.3 is 20.3 Å². The average molecular weight is 1070 g/mol. The Morgan fingerprint density at radius 3 is 0.934 bits per heavy atom. The van der Waals surface area contributed by atoms with Gasteiger partial charge in [-0.05, 0) is 57.8 Å². The molecular weight excluding hydrogens is 935 g/mol. The number of aliphatic hydroxyl groups excluding tert-OH is 2. The maximum Gasteiger partial charge on any atom is 0.305 e. The van der Waals surface area contributed by atoms with Crippen molar-refractivity contribution in [3.63, 3.8) is 0 Å². The number of nitrogens with one attached hydrogen (secondary N) is 1. The summed E-state index contributed by atoms with van der Waals surface area (Å²) < 4.78 is 5.49. The van der Waals surface area contributed by atoms with E-state index in [1.54, 1.807) is 6.08 Å². The molecule has 2 atom stereocenters. The number of ether oxygens (including phenoxy) is 1. The Bertz CT molecular complexity index is 1190. The summed E-state index contributed by atoms with van der Waals surface area (Å²) in [5, 5.41) is 23.2. The van der Waals surface area contributed by atoms with Gasteiger partial charge >= 0.3 is 5.97 Å². The highest BCUT2D eigenvalue weighted by molar-refractivity contribution is 5.76. The predicted molar refractivity (Wildman–Crippen MR) is 333 cm³/mol. The van der Waals surface area contributed by atoms with Crippen LogP contribution < -0.4 is 5.32 Å². The molecule has 0 saturated carbocycles. The fraction of sp³-hybridized carbons (Fsp3) is 0.914. The van der Waals surface area contributed by atoms with Crippen LogP contribution in [0.3, 0.4) is 0 Å². The molecule has 0 radical (unpaired) electrons. The molecule has 0 fully saturated rings. The topological polar surface area (TPSA) is 95.9 Å². The lowest BCUT2D eigenvalue weighted by atomic mass is 10.0. The van der Waals surface area contributed by atoms with Crippen molar-refractivity contribution in [2.75, 3.05) is 13.2 Å². The molecule has 0 bridgehead atoms. The van der Waals surface area contributed by atoms with Gasteiger partial charge in [0.05, 0.1) is 25.4 Å². The molecule has 0 aliphatic rings. The fourth-order valence-corrected chi connectivity index (χ4v) is 10.9. The van der Waals surface area contributed by atoms with E-state index in [2.05, 4.69) is 31.3 Å². The molecule has 450 valence electrons. The fourth-order valence-electron chi connectivity index (χ4n) is 10.9. The molecule has 0 aromatic carbocycles. The lowest BCUT2D eigenvalue weighted by molar-refractivity contribution is -0.143. The number of carbonyl (C=O) groups excluding carboxylic acids is 2. The van der Waals surface area contributed by atoms with Crippen LogP contribution >= 0.6 is 0 Å². The quantitative estimate of drug-likeness (QED) is 0.0320. The number of esters is 1. The van der Waals surface area contributed by atoms with Crippen LogP contribution in [0.2, 0.25) is 0 Å². The second kappa shape index (κ2) is 65.9. The van der Waals surface area contributed by atoms with Gasteiger partial charge in [-0.15, -0.1) is 0 Å². The minimum atomic E-state index is -0.845. The highest BCUT2D eigenvalue weighted by Crippen LogP contribution is 2.19. The zero-order valence-corrected chi connectivity index (χ0v) is 51.5. The Hall–Kier alpha value is -1.66. The summed E-state index contributed by atoms with van der Waals surface area (Å²) in [5.74, 6) is -0.0565. The molecule has 0 heterocycles. The van der Waals surface area contributed by atoms with Gasteiger partial charge in [0.1, 0.15) is 0 Å². The normalized spacial score (nSPS) is 12.6. The van der Waals surface area contributed by atoms with Crippen LogP contribution in [-0.2, 0) is 14.3 Å². The van der Waals surface area contributed by atoms with Crippen molar-refractivity contribution in [3.05, 3.63) is 24.3 Å². The Kier molecular flexibility index (Phi) is 64.4. The zero-order valence-electron chi connectivity index (χ0n) is 51.5. The monoisotopic (exact) mass is 1070 g/mol. The number of unbranched alkanes of at least 4 members (excludes halogenated alkanes) is 52. The van der Waals surface area contributed by atoms with E-state index >= 15 is 0 Å². The van der Waals surface area contributed by atoms with Crippen LogP contribution in [0.5, 0.6) is 0 Å².